The van der Waals surface area contributed by atoms with Crippen LogP contribution in [0.5, 0.6) is 0 Å². The largest absolute Gasteiger partial charge is 0.332 e. The lowest BCUT2D eigenvalue weighted by Gasteiger charge is -2.16. The smallest absolute Gasteiger partial charge is 0.315 e. The highest BCUT2D eigenvalue weighted by Gasteiger charge is 2.34. The molecule has 2 amide bonds. The first kappa shape index (κ1) is 13.7. The second kappa shape index (κ2) is 5.69. The van der Waals surface area contributed by atoms with Gasteiger partial charge >= 0.3 is 6.03 Å². The van der Waals surface area contributed by atoms with Crippen LogP contribution in [0.15, 0.2) is 29.4 Å². The van der Waals surface area contributed by atoms with E-state index in [1.807, 2.05) is 27.6 Å². The third-order valence-corrected chi connectivity index (χ3v) is 5.30. The molecule has 0 unspecified atom stereocenters. The van der Waals surface area contributed by atoms with Crippen molar-refractivity contribution in [3.63, 3.8) is 0 Å². The van der Waals surface area contributed by atoms with Crippen molar-refractivity contribution >= 4 is 33.7 Å². The third kappa shape index (κ3) is 2.84. The van der Waals surface area contributed by atoms with Crippen LogP contribution in [-0.2, 0) is 6.54 Å². The number of imidazole rings is 1. The highest BCUT2D eigenvalue weighted by molar-refractivity contribution is 7.15. The Morgan fingerprint density at radius 2 is 2.32 bits per heavy atom. The van der Waals surface area contributed by atoms with Crippen molar-refractivity contribution in [1.29, 1.82) is 0 Å². The molecule has 1 aliphatic carbocycles. The maximum Gasteiger partial charge on any atom is 0.315 e. The van der Waals surface area contributed by atoms with Crippen molar-refractivity contribution in [3.8, 4) is 0 Å². The van der Waals surface area contributed by atoms with Crippen molar-refractivity contribution in [2.24, 2.45) is 5.92 Å². The van der Waals surface area contributed by atoms with Crippen molar-refractivity contribution < 1.29 is 4.79 Å². The molecule has 4 rings (SSSR count). The normalized spacial score (nSPS) is 15.8. The molecule has 1 saturated carbocycles. The van der Waals surface area contributed by atoms with E-state index in [1.165, 1.54) is 0 Å². The van der Waals surface area contributed by atoms with E-state index in [1.54, 1.807) is 28.9 Å². The number of rotatable bonds is 5. The molecule has 1 aliphatic rings. The third-order valence-electron chi connectivity index (χ3n) is 3.67. The maximum absolute atomic E-state index is 12.1. The number of carbonyl (C=O) groups is 1. The molecular weight excluding hydrogens is 318 g/mol. The highest BCUT2D eigenvalue weighted by Crippen LogP contribution is 2.41. The fourth-order valence-electron chi connectivity index (χ4n) is 2.42. The second-order valence-electron chi connectivity index (χ2n) is 5.34. The van der Waals surface area contributed by atoms with Crippen molar-refractivity contribution in [1.82, 2.24) is 25.0 Å². The van der Waals surface area contributed by atoms with Crippen LogP contribution in [0.2, 0.25) is 0 Å². The van der Waals surface area contributed by atoms with Gasteiger partial charge in [0.2, 0.25) is 0 Å². The average molecular weight is 333 g/mol. The van der Waals surface area contributed by atoms with E-state index in [9.17, 15) is 4.79 Å². The van der Waals surface area contributed by atoms with Crippen LogP contribution in [0, 0.1) is 5.92 Å². The molecule has 1 atom stereocenters. The zero-order chi connectivity index (χ0) is 14.9. The summed E-state index contributed by atoms with van der Waals surface area (Å²) in [6, 6.07) is -0.131. The molecule has 0 spiro atoms. The topological polar surface area (TPSA) is 71.3 Å². The molecule has 3 aromatic rings. The summed E-state index contributed by atoms with van der Waals surface area (Å²) in [6.07, 6.45) is 7.99. The molecule has 0 saturated heterocycles. The summed E-state index contributed by atoms with van der Waals surface area (Å²) in [5.41, 5.74) is 0.860. The number of fused-ring (bicyclic) bond motifs is 1. The Morgan fingerprint density at radius 1 is 1.41 bits per heavy atom. The number of urea groups is 1. The fourth-order valence-corrected chi connectivity index (χ4v) is 3.92. The highest BCUT2D eigenvalue weighted by atomic mass is 32.1. The fraction of sp³-hybridized carbons (Fsp3) is 0.357. The van der Waals surface area contributed by atoms with Crippen LogP contribution in [0.4, 0.5) is 4.79 Å². The van der Waals surface area contributed by atoms with Crippen LogP contribution >= 0.6 is 22.7 Å². The monoisotopic (exact) mass is 333 g/mol. The van der Waals surface area contributed by atoms with E-state index in [2.05, 4.69) is 20.6 Å². The minimum absolute atomic E-state index is 0.0329. The van der Waals surface area contributed by atoms with E-state index < -0.39 is 0 Å². The Kier molecular flexibility index (Phi) is 3.55. The second-order valence-corrected chi connectivity index (χ2v) is 7.14. The summed E-state index contributed by atoms with van der Waals surface area (Å²) >= 11 is 3.17. The van der Waals surface area contributed by atoms with Crippen molar-refractivity contribution in [2.45, 2.75) is 25.4 Å². The molecule has 0 bridgehead atoms. The van der Waals surface area contributed by atoms with Crippen molar-refractivity contribution in [3.05, 3.63) is 40.1 Å². The minimum atomic E-state index is -0.163. The van der Waals surface area contributed by atoms with Crippen LogP contribution in [-0.4, -0.2) is 20.4 Å². The Morgan fingerprint density at radius 3 is 3.05 bits per heavy atom. The number of aromatic nitrogens is 3. The lowest BCUT2D eigenvalue weighted by atomic mass is 10.2. The SMILES string of the molecule is O=C(NCc1cn2ccsc2n1)N[C@@H](c1nccs1)C1CC1. The number of hydrogen-bond donors (Lipinski definition) is 2. The summed E-state index contributed by atoms with van der Waals surface area (Å²) < 4.78 is 1.96. The standard InChI is InChI=1S/C14H15N5OS2/c20-13(16-7-10-8-19-4-6-22-14(19)17-10)18-11(9-1-2-9)12-15-3-5-21-12/h3-6,8-9,11H,1-2,7H2,(H2,16,18,20)/t11-/m1/s1. The van der Waals surface area contributed by atoms with Crippen LogP contribution in [0.25, 0.3) is 4.96 Å². The predicted molar refractivity (Wildman–Crippen MR) is 86.0 cm³/mol. The first-order valence-electron chi connectivity index (χ1n) is 7.14. The number of carbonyl (C=O) groups excluding carboxylic acids is 1. The average Bonchev–Trinajstić information content (AvgIpc) is 2.90. The van der Waals surface area contributed by atoms with Crippen molar-refractivity contribution in [2.75, 3.05) is 0 Å². The molecule has 1 fully saturated rings. The quantitative estimate of drug-likeness (QED) is 0.754. The zero-order valence-corrected chi connectivity index (χ0v) is 13.4. The molecule has 6 nitrogen and oxygen atoms in total. The van der Waals surface area contributed by atoms with Gasteiger partial charge in [0.25, 0.3) is 0 Å². The van der Waals surface area contributed by atoms with E-state index in [-0.39, 0.29) is 12.1 Å². The number of amides is 2. The lowest BCUT2D eigenvalue weighted by Crippen LogP contribution is -2.38. The molecule has 8 heteroatoms. The van der Waals surface area contributed by atoms with Crippen LogP contribution in [0.3, 0.4) is 0 Å². The first-order valence-corrected chi connectivity index (χ1v) is 8.90. The Bertz CT molecular complexity index is 746. The molecule has 22 heavy (non-hydrogen) atoms. The van der Waals surface area contributed by atoms with Gasteiger partial charge in [0.15, 0.2) is 4.96 Å². The maximum atomic E-state index is 12.1. The summed E-state index contributed by atoms with van der Waals surface area (Å²) in [6.45, 7) is 0.426. The molecule has 0 radical (unpaired) electrons. The van der Waals surface area contributed by atoms with E-state index in [4.69, 9.17) is 0 Å². The van der Waals surface area contributed by atoms with Gasteiger partial charge in [-0.05, 0) is 18.8 Å². The number of nitrogens with one attached hydrogen (secondary N) is 2. The van der Waals surface area contributed by atoms with E-state index in [0.29, 0.717) is 12.5 Å². The molecule has 3 aromatic heterocycles. The van der Waals surface area contributed by atoms with Gasteiger partial charge in [-0.1, -0.05) is 0 Å². The van der Waals surface area contributed by atoms with Gasteiger partial charge in [-0.25, -0.2) is 14.8 Å². The molecule has 114 valence electrons. The number of thiazole rings is 2. The predicted octanol–water partition coefficient (Wildman–Crippen LogP) is 2.80. The van der Waals surface area contributed by atoms with Gasteiger partial charge in [-0.2, -0.15) is 0 Å². The first-order chi connectivity index (χ1) is 10.8. The Hall–Kier alpha value is -1.93. The molecule has 2 N–H and O–H groups in total. The van der Waals surface area contributed by atoms with Gasteiger partial charge in [0.05, 0.1) is 18.3 Å². The zero-order valence-electron chi connectivity index (χ0n) is 11.7. The summed E-state index contributed by atoms with van der Waals surface area (Å²) in [5, 5.41) is 10.8. The summed E-state index contributed by atoms with van der Waals surface area (Å²) in [7, 11) is 0. The Balaban J connectivity index is 1.36. The van der Waals surface area contributed by atoms with Crippen LogP contribution in [0.1, 0.15) is 29.6 Å². The number of hydrogen-bond acceptors (Lipinski definition) is 5. The minimum Gasteiger partial charge on any atom is -0.332 e. The molecular formula is C14H15N5OS2. The summed E-state index contributed by atoms with van der Waals surface area (Å²) in [4.78, 5) is 21.9. The molecule has 3 heterocycles. The Labute approximate surface area is 135 Å². The molecule has 0 aliphatic heterocycles. The van der Waals surface area contributed by atoms with E-state index in [0.717, 1.165) is 28.5 Å². The van der Waals surface area contributed by atoms with Gasteiger partial charge in [0.1, 0.15) is 5.01 Å². The van der Waals surface area contributed by atoms with Gasteiger partial charge in [-0.15, -0.1) is 22.7 Å². The van der Waals surface area contributed by atoms with Gasteiger partial charge in [-0.3, -0.25) is 4.40 Å². The van der Waals surface area contributed by atoms with Crippen LogP contribution < -0.4 is 10.6 Å². The van der Waals surface area contributed by atoms with Gasteiger partial charge < -0.3 is 10.6 Å². The molecule has 0 aromatic carbocycles. The van der Waals surface area contributed by atoms with Gasteiger partial charge in [0, 0.05) is 29.4 Å². The lowest BCUT2D eigenvalue weighted by molar-refractivity contribution is 0.235. The number of nitrogens with zero attached hydrogens (tertiary/aromatic N) is 3. The summed E-state index contributed by atoms with van der Waals surface area (Å²) in [5.74, 6) is 0.523. The van der Waals surface area contributed by atoms with E-state index >= 15 is 0 Å².